The van der Waals surface area contributed by atoms with E-state index in [4.69, 9.17) is 0 Å². The van der Waals surface area contributed by atoms with E-state index >= 15 is 0 Å². The molecule has 0 bridgehead atoms. The van der Waals surface area contributed by atoms with E-state index in [1.807, 2.05) is 18.5 Å². The summed E-state index contributed by atoms with van der Waals surface area (Å²) in [5.74, 6) is 0. The molecule has 3 nitrogen and oxygen atoms in total. The van der Waals surface area contributed by atoms with E-state index in [9.17, 15) is 0 Å². The van der Waals surface area contributed by atoms with Crippen molar-refractivity contribution in [2.75, 3.05) is 26.7 Å². The molecule has 1 aliphatic heterocycles. The quantitative estimate of drug-likeness (QED) is 0.818. The van der Waals surface area contributed by atoms with Crippen molar-refractivity contribution in [1.29, 1.82) is 0 Å². The lowest BCUT2D eigenvalue weighted by Gasteiger charge is -2.33. The van der Waals surface area contributed by atoms with Gasteiger partial charge in [0.25, 0.3) is 0 Å². The zero-order valence-electron chi connectivity index (χ0n) is 8.72. The summed E-state index contributed by atoms with van der Waals surface area (Å²) in [5, 5.41) is 3.39. The van der Waals surface area contributed by atoms with E-state index in [2.05, 4.69) is 28.3 Å². The van der Waals surface area contributed by atoms with Crippen LogP contribution in [0, 0.1) is 0 Å². The molecule has 86 valence electrons. The molecular formula is C10H17Cl2N3. The number of rotatable bonds is 1. The largest absolute Gasteiger partial charge is 0.314 e. The highest BCUT2D eigenvalue weighted by Crippen LogP contribution is 2.18. The van der Waals surface area contributed by atoms with Gasteiger partial charge in [0.1, 0.15) is 0 Å². The summed E-state index contributed by atoms with van der Waals surface area (Å²) >= 11 is 0. The fourth-order valence-electron chi connectivity index (χ4n) is 1.75. The van der Waals surface area contributed by atoms with E-state index < -0.39 is 0 Å². The minimum Gasteiger partial charge on any atom is -0.314 e. The van der Waals surface area contributed by atoms with Crippen LogP contribution >= 0.6 is 24.8 Å². The maximum atomic E-state index is 4.14. The first-order valence-electron chi connectivity index (χ1n) is 4.69. The third kappa shape index (κ3) is 3.61. The number of pyridine rings is 1. The van der Waals surface area contributed by atoms with Crippen LogP contribution < -0.4 is 5.32 Å². The molecule has 1 unspecified atom stereocenters. The summed E-state index contributed by atoms with van der Waals surface area (Å²) in [7, 11) is 2.17. The number of halogens is 2. The van der Waals surface area contributed by atoms with Crippen LogP contribution in [0.1, 0.15) is 11.6 Å². The van der Waals surface area contributed by atoms with Crippen LogP contribution in [0.4, 0.5) is 0 Å². The normalized spacial score (nSPS) is 21.3. The molecule has 0 spiro atoms. The second-order valence-corrected chi connectivity index (χ2v) is 3.49. The number of aromatic nitrogens is 1. The molecule has 1 aliphatic rings. The molecule has 2 heterocycles. The average molecular weight is 250 g/mol. The number of piperazine rings is 1. The standard InChI is InChI=1S/C10H15N3.2ClH/c1-13-6-5-12-8-10(13)9-3-2-4-11-7-9;;/h2-4,7,10,12H,5-6,8H2,1H3;2*1H. The Morgan fingerprint density at radius 1 is 1.47 bits per heavy atom. The van der Waals surface area contributed by atoms with Crippen molar-refractivity contribution < 1.29 is 0 Å². The molecule has 1 fully saturated rings. The lowest BCUT2D eigenvalue weighted by molar-refractivity contribution is 0.202. The van der Waals surface area contributed by atoms with Gasteiger partial charge in [0.15, 0.2) is 0 Å². The summed E-state index contributed by atoms with van der Waals surface area (Å²) in [5.41, 5.74) is 1.30. The van der Waals surface area contributed by atoms with Gasteiger partial charge in [0.2, 0.25) is 0 Å². The Morgan fingerprint density at radius 2 is 2.27 bits per heavy atom. The average Bonchev–Trinajstić information content (AvgIpc) is 2.20. The minimum absolute atomic E-state index is 0. The van der Waals surface area contributed by atoms with E-state index in [-0.39, 0.29) is 24.8 Å². The monoisotopic (exact) mass is 249 g/mol. The molecule has 1 N–H and O–H groups in total. The molecule has 0 saturated carbocycles. The third-order valence-corrected chi connectivity index (χ3v) is 2.58. The fraction of sp³-hybridized carbons (Fsp3) is 0.500. The first-order chi connectivity index (χ1) is 6.38. The van der Waals surface area contributed by atoms with Gasteiger partial charge in [-0.2, -0.15) is 0 Å². The van der Waals surface area contributed by atoms with Gasteiger partial charge in [-0.05, 0) is 18.7 Å². The van der Waals surface area contributed by atoms with Crippen LogP contribution in [0.2, 0.25) is 0 Å². The predicted octanol–water partition coefficient (Wildman–Crippen LogP) is 1.50. The second-order valence-electron chi connectivity index (χ2n) is 3.49. The Balaban J connectivity index is 0.000000980. The van der Waals surface area contributed by atoms with Gasteiger partial charge >= 0.3 is 0 Å². The maximum Gasteiger partial charge on any atom is 0.0485 e. The number of nitrogens with zero attached hydrogens (tertiary/aromatic N) is 2. The molecule has 0 amide bonds. The minimum atomic E-state index is 0. The summed E-state index contributed by atoms with van der Waals surface area (Å²) < 4.78 is 0. The van der Waals surface area contributed by atoms with Crippen molar-refractivity contribution in [3.8, 4) is 0 Å². The van der Waals surface area contributed by atoms with Gasteiger partial charge in [-0.15, -0.1) is 24.8 Å². The highest BCUT2D eigenvalue weighted by Gasteiger charge is 2.19. The molecule has 1 saturated heterocycles. The number of hydrogen-bond acceptors (Lipinski definition) is 3. The lowest BCUT2D eigenvalue weighted by atomic mass is 10.1. The number of nitrogens with one attached hydrogen (secondary N) is 1. The van der Waals surface area contributed by atoms with E-state index in [0.717, 1.165) is 19.6 Å². The van der Waals surface area contributed by atoms with Crippen molar-refractivity contribution in [3.63, 3.8) is 0 Å². The Labute approximate surface area is 103 Å². The van der Waals surface area contributed by atoms with Crippen LogP contribution in [0.25, 0.3) is 0 Å². The van der Waals surface area contributed by atoms with Crippen molar-refractivity contribution in [2.45, 2.75) is 6.04 Å². The maximum absolute atomic E-state index is 4.14. The third-order valence-electron chi connectivity index (χ3n) is 2.58. The van der Waals surface area contributed by atoms with E-state index in [0.29, 0.717) is 6.04 Å². The summed E-state index contributed by atoms with van der Waals surface area (Å²) in [6.45, 7) is 3.23. The lowest BCUT2D eigenvalue weighted by Crippen LogP contribution is -2.43. The van der Waals surface area contributed by atoms with Crippen molar-refractivity contribution >= 4 is 24.8 Å². The molecule has 5 heteroatoms. The summed E-state index contributed by atoms with van der Waals surface area (Å²) in [6.07, 6.45) is 3.77. The fourth-order valence-corrected chi connectivity index (χ4v) is 1.75. The van der Waals surface area contributed by atoms with Gasteiger partial charge < -0.3 is 5.32 Å². The molecule has 0 radical (unpaired) electrons. The van der Waals surface area contributed by atoms with Crippen LogP contribution in [0.3, 0.4) is 0 Å². The van der Waals surface area contributed by atoms with Crippen molar-refractivity contribution in [2.24, 2.45) is 0 Å². The number of hydrogen-bond donors (Lipinski definition) is 1. The van der Waals surface area contributed by atoms with Crippen LogP contribution in [0.5, 0.6) is 0 Å². The van der Waals surface area contributed by atoms with Gasteiger partial charge in [-0.1, -0.05) is 6.07 Å². The first-order valence-corrected chi connectivity index (χ1v) is 4.69. The van der Waals surface area contributed by atoms with Crippen LogP contribution in [-0.4, -0.2) is 36.6 Å². The van der Waals surface area contributed by atoms with Gasteiger partial charge in [0, 0.05) is 38.1 Å². The smallest absolute Gasteiger partial charge is 0.0485 e. The van der Waals surface area contributed by atoms with E-state index in [1.54, 1.807) is 0 Å². The zero-order chi connectivity index (χ0) is 9.10. The topological polar surface area (TPSA) is 28.2 Å². The molecule has 1 aromatic rings. The molecule has 0 aromatic carbocycles. The van der Waals surface area contributed by atoms with Crippen LogP contribution in [-0.2, 0) is 0 Å². The SMILES string of the molecule is CN1CCNCC1c1cccnc1.Cl.Cl. The number of likely N-dealkylation sites (N-methyl/N-ethyl adjacent to an activating group) is 1. The molecule has 1 aromatic heterocycles. The Kier molecular flexibility index (Phi) is 6.85. The molecule has 1 atom stereocenters. The molecule has 0 aliphatic carbocycles. The van der Waals surface area contributed by atoms with Crippen molar-refractivity contribution in [3.05, 3.63) is 30.1 Å². The Bertz CT molecular complexity index is 269. The van der Waals surface area contributed by atoms with Gasteiger partial charge in [-0.25, -0.2) is 0 Å². The van der Waals surface area contributed by atoms with Gasteiger partial charge in [0.05, 0.1) is 0 Å². The summed E-state index contributed by atoms with van der Waals surface area (Å²) in [4.78, 5) is 6.51. The molecular weight excluding hydrogens is 233 g/mol. The first kappa shape index (κ1) is 14.6. The summed E-state index contributed by atoms with van der Waals surface area (Å²) in [6, 6.07) is 4.63. The predicted molar refractivity (Wildman–Crippen MR) is 67.0 cm³/mol. The second kappa shape index (κ2) is 7.01. The highest BCUT2D eigenvalue weighted by molar-refractivity contribution is 5.85. The Morgan fingerprint density at radius 3 is 2.87 bits per heavy atom. The highest BCUT2D eigenvalue weighted by atomic mass is 35.5. The molecule has 15 heavy (non-hydrogen) atoms. The zero-order valence-corrected chi connectivity index (χ0v) is 10.4. The van der Waals surface area contributed by atoms with Gasteiger partial charge in [-0.3, -0.25) is 9.88 Å². The van der Waals surface area contributed by atoms with Crippen LogP contribution in [0.15, 0.2) is 24.5 Å². The van der Waals surface area contributed by atoms with Crippen molar-refractivity contribution in [1.82, 2.24) is 15.2 Å². The Hall–Kier alpha value is -0.350. The van der Waals surface area contributed by atoms with E-state index in [1.165, 1.54) is 5.56 Å². The molecule has 2 rings (SSSR count).